The van der Waals surface area contributed by atoms with Gasteiger partial charge in [0.2, 0.25) is 10.0 Å². The molecule has 21 heavy (non-hydrogen) atoms. The second-order valence-electron chi connectivity index (χ2n) is 4.69. The average molecular weight is 305 g/mol. The zero-order chi connectivity index (χ0) is 15.3. The molecule has 2 rings (SSSR count). The molecule has 6 heteroatoms. The number of aromatic nitrogens is 1. The fourth-order valence-corrected chi connectivity index (χ4v) is 3.02. The molecule has 0 amide bonds. The van der Waals surface area contributed by atoms with Crippen LogP contribution in [0.4, 0.5) is 5.82 Å². The van der Waals surface area contributed by atoms with Crippen LogP contribution in [0.2, 0.25) is 0 Å². The summed E-state index contributed by atoms with van der Waals surface area (Å²) >= 11 is 0. The van der Waals surface area contributed by atoms with Gasteiger partial charge in [-0.05, 0) is 31.5 Å². The van der Waals surface area contributed by atoms with Crippen molar-refractivity contribution in [3.63, 3.8) is 0 Å². The molecule has 0 saturated heterocycles. The molecule has 112 valence electrons. The molecule has 1 heterocycles. The second kappa shape index (κ2) is 6.69. The van der Waals surface area contributed by atoms with E-state index in [4.69, 9.17) is 0 Å². The van der Waals surface area contributed by atoms with E-state index in [9.17, 15) is 8.42 Å². The van der Waals surface area contributed by atoms with Crippen molar-refractivity contribution < 1.29 is 8.42 Å². The third kappa shape index (κ3) is 4.03. The number of aryl methyl sites for hydroxylation is 1. The Morgan fingerprint density at radius 3 is 2.52 bits per heavy atom. The van der Waals surface area contributed by atoms with Crippen LogP contribution in [0, 0.1) is 6.92 Å². The van der Waals surface area contributed by atoms with Crippen LogP contribution in [-0.4, -0.2) is 19.9 Å². The van der Waals surface area contributed by atoms with Gasteiger partial charge in [0.15, 0.2) is 0 Å². The lowest BCUT2D eigenvalue weighted by atomic mass is 10.2. The maximum atomic E-state index is 12.4. The Balaban J connectivity index is 2.17. The zero-order valence-electron chi connectivity index (χ0n) is 12.1. The van der Waals surface area contributed by atoms with E-state index < -0.39 is 10.0 Å². The predicted octanol–water partition coefficient (Wildman–Crippen LogP) is 2.30. The Kier molecular flexibility index (Phi) is 4.93. The molecule has 0 bridgehead atoms. The first-order valence-electron chi connectivity index (χ1n) is 6.77. The van der Waals surface area contributed by atoms with E-state index in [0.29, 0.717) is 12.4 Å². The molecule has 2 N–H and O–H groups in total. The maximum Gasteiger partial charge on any atom is 0.244 e. The molecule has 0 saturated carbocycles. The number of benzene rings is 1. The normalized spacial score (nSPS) is 11.3. The third-order valence-corrected chi connectivity index (χ3v) is 4.42. The Morgan fingerprint density at radius 2 is 1.86 bits per heavy atom. The summed E-state index contributed by atoms with van der Waals surface area (Å²) in [5, 5.41) is 2.96. The van der Waals surface area contributed by atoms with Crippen LogP contribution in [0.1, 0.15) is 18.1 Å². The van der Waals surface area contributed by atoms with Gasteiger partial charge >= 0.3 is 0 Å². The van der Waals surface area contributed by atoms with Crippen molar-refractivity contribution in [1.82, 2.24) is 9.71 Å². The van der Waals surface area contributed by atoms with Crippen LogP contribution in [0.5, 0.6) is 0 Å². The summed E-state index contributed by atoms with van der Waals surface area (Å²) in [5.41, 5.74) is 2.06. The molecular weight excluding hydrogens is 286 g/mol. The molecule has 1 aromatic heterocycles. The van der Waals surface area contributed by atoms with Gasteiger partial charge in [0, 0.05) is 19.3 Å². The molecule has 0 unspecified atom stereocenters. The highest BCUT2D eigenvalue weighted by Crippen LogP contribution is 2.18. The predicted molar refractivity (Wildman–Crippen MR) is 83.6 cm³/mol. The van der Waals surface area contributed by atoms with Crippen LogP contribution in [0.25, 0.3) is 0 Å². The van der Waals surface area contributed by atoms with Gasteiger partial charge in [-0.2, -0.15) is 0 Å². The molecule has 0 radical (unpaired) electrons. The number of nitrogens with zero attached hydrogens (tertiary/aromatic N) is 1. The van der Waals surface area contributed by atoms with Gasteiger partial charge in [-0.3, -0.25) is 0 Å². The summed E-state index contributed by atoms with van der Waals surface area (Å²) in [4.78, 5) is 4.24. The summed E-state index contributed by atoms with van der Waals surface area (Å²) in [6.07, 6.45) is 1.57. The van der Waals surface area contributed by atoms with E-state index in [1.807, 2.05) is 38.1 Å². The lowest BCUT2D eigenvalue weighted by Gasteiger charge is -2.11. The van der Waals surface area contributed by atoms with Crippen molar-refractivity contribution >= 4 is 15.8 Å². The van der Waals surface area contributed by atoms with Crippen molar-refractivity contribution in [2.75, 3.05) is 11.9 Å². The van der Waals surface area contributed by atoms with Gasteiger partial charge < -0.3 is 5.32 Å². The van der Waals surface area contributed by atoms with Gasteiger partial charge in [-0.1, -0.05) is 29.8 Å². The van der Waals surface area contributed by atoms with Crippen LogP contribution >= 0.6 is 0 Å². The van der Waals surface area contributed by atoms with Crippen molar-refractivity contribution in [2.24, 2.45) is 0 Å². The lowest BCUT2D eigenvalue weighted by Crippen LogP contribution is -2.24. The van der Waals surface area contributed by atoms with Gasteiger partial charge in [-0.25, -0.2) is 18.1 Å². The van der Waals surface area contributed by atoms with Crippen molar-refractivity contribution in [3.05, 3.63) is 53.7 Å². The highest BCUT2D eigenvalue weighted by atomic mass is 32.2. The van der Waals surface area contributed by atoms with Gasteiger partial charge in [-0.15, -0.1) is 0 Å². The molecule has 0 aliphatic carbocycles. The van der Waals surface area contributed by atoms with Gasteiger partial charge in [0.05, 0.1) is 0 Å². The second-order valence-corrected chi connectivity index (χ2v) is 6.43. The first kappa shape index (κ1) is 15.5. The van der Waals surface area contributed by atoms with Crippen LogP contribution < -0.4 is 10.0 Å². The van der Waals surface area contributed by atoms with E-state index >= 15 is 0 Å². The van der Waals surface area contributed by atoms with Crippen LogP contribution in [0.3, 0.4) is 0 Å². The molecule has 5 nitrogen and oxygen atoms in total. The lowest BCUT2D eigenvalue weighted by molar-refractivity contribution is 0.581. The standard InChI is InChI=1S/C15H19N3O2S/c1-3-16-15-14(5-4-10-17-15)21(19,20)18-11-13-8-6-12(2)7-9-13/h4-10,18H,3,11H2,1-2H3,(H,16,17). The highest BCUT2D eigenvalue weighted by molar-refractivity contribution is 7.89. The molecule has 2 aromatic rings. The molecule has 0 aliphatic heterocycles. The minimum absolute atomic E-state index is 0.166. The number of nitrogens with one attached hydrogen (secondary N) is 2. The van der Waals surface area contributed by atoms with E-state index in [-0.39, 0.29) is 11.4 Å². The summed E-state index contributed by atoms with van der Waals surface area (Å²) in [7, 11) is -3.60. The summed E-state index contributed by atoms with van der Waals surface area (Å²) in [5.74, 6) is 0.372. The van der Waals surface area contributed by atoms with E-state index in [1.54, 1.807) is 18.3 Å². The molecule has 0 fully saturated rings. The first-order chi connectivity index (χ1) is 10.0. The van der Waals surface area contributed by atoms with E-state index in [2.05, 4.69) is 15.0 Å². The number of sulfonamides is 1. The van der Waals surface area contributed by atoms with Crippen molar-refractivity contribution in [3.8, 4) is 0 Å². The highest BCUT2D eigenvalue weighted by Gasteiger charge is 2.18. The quantitative estimate of drug-likeness (QED) is 0.859. The Morgan fingerprint density at radius 1 is 1.14 bits per heavy atom. The fraction of sp³-hybridized carbons (Fsp3) is 0.267. The number of hydrogen-bond donors (Lipinski definition) is 2. The van der Waals surface area contributed by atoms with E-state index in [0.717, 1.165) is 11.1 Å². The topological polar surface area (TPSA) is 71.1 Å². The Labute approximate surface area is 125 Å². The number of pyridine rings is 1. The monoisotopic (exact) mass is 305 g/mol. The Bertz CT molecular complexity index is 697. The minimum Gasteiger partial charge on any atom is -0.369 e. The average Bonchev–Trinajstić information content (AvgIpc) is 2.47. The van der Waals surface area contributed by atoms with Crippen LogP contribution in [0.15, 0.2) is 47.5 Å². The summed E-state index contributed by atoms with van der Waals surface area (Å²) in [6.45, 7) is 4.75. The third-order valence-electron chi connectivity index (χ3n) is 2.99. The van der Waals surface area contributed by atoms with Gasteiger partial charge in [0.1, 0.15) is 10.7 Å². The number of anilines is 1. The summed E-state index contributed by atoms with van der Waals surface area (Å²) in [6, 6.07) is 10.9. The Hall–Kier alpha value is -1.92. The summed E-state index contributed by atoms with van der Waals surface area (Å²) < 4.78 is 27.4. The smallest absolute Gasteiger partial charge is 0.244 e. The maximum absolute atomic E-state index is 12.4. The first-order valence-corrected chi connectivity index (χ1v) is 8.25. The number of hydrogen-bond acceptors (Lipinski definition) is 4. The molecule has 0 spiro atoms. The molecular formula is C15H19N3O2S. The molecule has 1 aromatic carbocycles. The zero-order valence-corrected chi connectivity index (χ0v) is 12.9. The largest absolute Gasteiger partial charge is 0.369 e. The van der Waals surface area contributed by atoms with Crippen LogP contribution in [-0.2, 0) is 16.6 Å². The number of rotatable bonds is 6. The van der Waals surface area contributed by atoms with E-state index in [1.165, 1.54) is 0 Å². The fourth-order valence-electron chi connectivity index (χ4n) is 1.87. The van der Waals surface area contributed by atoms with Gasteiger partial charge in [0.25, 0.3) is 0 Å². The molecule has 0 aliphatic rings. The molecule has 0 atom stereocenters. The van der Waals surface area contributed by atoms with Crippen molar-refractivity contribution in [2.45, 2.75) is 25.3 Å². The SMILES string of the molecule is CCNc1ncccc1S(=O)(=O)NCc1ccc(C)cc1. The van der Waals surface area contributed by atoms with Crippen molar-refractivity contribution in [1.29, 1.82) is 0 Å². The minimum atomic E-state index is -3.60.